The van der Waals surface area contributed by atoms with Crippen LogP contribution in [0.1, 0.15) is 24.1 Å². The molecule has 100 valence electrons. The molecule has 1 aliphatic heterocycles. The summed E-state index contributed by atoms with van der Waals surface area (Å²) in [7, 11) is 0. The molecule has 2 atom stereocenters. The first-order valence-electron chi connectivity index (χ1n) is 6.42. The Hall–Kier alpha value is -0.160. The largest absolute Gasteiger partial charge is 0.392 e. The number of rotatable bonds is 5. The highest BCUT2D eigenvalue weighted by molar-refractivity contribution is 8.06. The Kier molecular flexibility index (Phi) is 5.89. The Bertz CT molecular complexity index is 367. The summed E-state index contributed by atoms with van der Waals surface area (Å²) in [4.78, 5) is 0. The van der Waals surface area contributed by atoms with Gasteiger partial charge in [0.1, 0.15) is 0 Å². The Balaban J connectivity index is 1.84. The Morgan fingerprint density at radius 3 is 3.06 bits per heavy atom. The summed E-state index contributed by atoms with van der Waals surface area (Å²) >= 11 is 4.15. The smallest absolute Gasteiger partial charge is 0.0681 e. The van der Waals surface area contributed by atoms with E-state index in [0.717, 1.165) is 17.4 Å². The van der Waals surface area contributed by atoms with Gasteiger partial charge in [-0.25, -0.2) is 0 Å². The van der Waals surface area contributed by atoms with Crippen LogP contribution in [0.2, 0.25) is 0 Å². The standard InChI is InChI=1S/C14H21NOS2/c1-11(13-4-2-3-12(7-13)9-16)15-8-14-10-17-5-6-18-14/h2-4,7,11,14-16H,5-6,8-10H2,1H3. The molecule has 1 heterocycles. The molecule has 0 radical (unpaired) electrons. The molecule has 1 aliphatic rings. The van der Waals surface area contributed by atoms with Gasteiger partial charge in [0.25, 0.3) is 0 Å². The number of hydrogen-bond acceptors (Lipinski definition) is 4. The Morgan fingerprint density at radius 2 is 2.33 bits per heavy atom. The molecule has 2 rings (SSSR count). The van der Waals surface area contributed by atoms with Crippen molar-refractivity contribution in [1.82, 2.24) is 5.32 Å². The third kappa shape index (κ3) is 4.19. The van der Waals surface area contributed by atoms with Crippen LogP contribution < -0.4 is 5.32 Å². The summed E-state index contributed by atoms with van der Waals surface area (Å²) in [6.07, 6.45) is 0. The molecule has 0 bridgehead atoms. The molecule has 2 N–H and O–H groups in total. The fourth-order valence-corrected chi connectivity index (χ4v) is 4.67. The van der Waals surface area contributed by atoms with Gasteiger partial charge >= 0.3 is 0 Å². The number of benzene rings is 1. The van der Waals surface area contributed by atoms with Crippen LogP contribution >= 0.6 is 23.5 Å². The van der Waals surface area contributed by atoms with E-state index in [0.29, 0.717) is 6.04 Å². The summed E-state index contributed by atoms with van der Waals surface area (Å²) in [5, 5.41) is 13.5. The second kappa shape index (κ2) is 7.43. The minimum absolute atomic E-state index is 0.121. The molecule has 1 saturated heterocycles. The summed E-state index contributed by atoms with van der Waals surface area (Å²) in [6.45, 7) is 3.38. The highest BCUT2D eigenvalue weighted by atomic mass is 32.2. The monoisotopic (exact) mass is 283 g/mol. The van der Waals surface area contributed by atoms with Crippen molar-refractivity contribution in [2.45, 2.75) is 24.8 Å². The zero-order valence-electron chi connectivity index (χ0n) is 10.8. The van der Waals surface area contributed by atoms with Crippen molar-refractivity contribution in [3.8, 4) is 0 Å². The molecule has 0 amide bonds. The predicted octanol–water partition coefficient (Wildman–Crippen LogP) is 2.68. The van der Waals surface area contributed by atoms with Crippen molar-refractivity contribution in [3.63, 3.8) is 0 Å². The van der Waals surface area contributed by atoms with Gasteiger partial charge in [-0.15, -0.1) is 0 Å². The van der Waals surface area contributed by atoms with E-state index in [1.165, 1.54) is 22.8 Å². The first-order valence-corrected chi connectivity index (χ1v) is 8.62. The van der Waals surface area contributed by atoms with Gasteiger partial charge < -0.3 is 10.4 Å². The first kappa shape index (κ1) is 14.3. The van der Waals surface area contributed by atoms with Crippen molar-refractivity contribution < 1.29 is 5.11 Å². The maximum Gasteiger partial charge on any atom is 0.0681 e. The van der Waals surface area contributed by atoms with E-state index in [9.17, 15) is 0 Å². The average Bonchev–Trinajstić information content (AvgIpc) is 2.46. The van der Waals surface area contributed by atoms with Crippen molar-refractivity contribution >= 4 is 23.5 Å². The van der Waals surface area contributed by atoms with E-state index in [1.54, 1.807) is 0 Å². The molecule has 2 nitrogen and oxygen atoms in total. The first-order chi connectivity index (χ1) is 8.79. The van der Waals surface area contributed by atoms with Crippen LogP contribution in [-0.4, -0.2) is 34.2 Å². The summed E-state index contributed by atoms with van der Waals surface area (Å²) < 4.78 is 0. The van der Waals surface area contributed by atoms with Crippen molar-refractivity contribution in [3.05, 3.63) is 35.4 Å². The molecular formula is C14H21NOS2. The fourth-order valence-electron chi connectivity index (χ4n) is 2.04. The van der Waals surface area contributed by atoms with Crippen LogP contribution in [0.25, 0.3) is 0 Å². The summed E-state index contributed by atoms with van der Waals surface area (Å²) in [6, 6.07) is 8.54. The summed E-state index contributed by atoms with van der Waals surface area (Å²) in [5.41, 5.74) is 2.25. The molecule has 0 aromatic heterocycles. The fraction of sp³-hybridized carbons (Fsp3) is 0.571. The minimum Gasteiger partial charge on any atom is -0.392 e. The minimum atomic E-state index is 0.121. The van der Waals surface area contributed by atoms with Crippen LogP contribution in [0, 0.1) is 0 Å². The molecule has 0 saturated carbocycles. The molecule has 0 spiro atoms. The quantitative estimate of drug-likeness (QED) is 0.870. The van der Waals surface area contributed by atoms with Gasteiger partial charge in [-0.3, -0.25) is 0 Å². The number of aliphatic hydroxyl groups excluding tert-OH is 1. The lowest BCUT2D eigenvalue weighted by Crippen LogP contribution is -2.30. The molecule has 1 aromatic carbocycles. The number of nitrogens with one attached hydrogen (secondary N) is 1. The number of hydrogen-bond donors (Lipinski definition) is 2. The third-order valence-electron chi connectivity index (χ3n) is 3.17. The van der Waals surface area contributed by atoms with E-state index in [1.807, 2.05) is 12.1 Å². The van der Waals surface area contributed by atoms with Crippen LogP contribution in [0.5, 0.6) is 0 Å². The molecule has 1 fully saturated rings. The number of thioether (sulfide) groups is 2. The molecule has 1 aromatic rings. The van der Waals surface area contributed by atoms with Gasteiger partial charge in [0, 0.05) is 35.1 Å². The molecular weight excluding hydrogens is 262 g/mol. The SMILES string of the molecule is CC(NCC1CSCCS1)c1cccc(CO)c1. The zero-order valence-corrected chi connectivity index (χ0v) is 12.4. The van der Waals surface area contributed by atoms with Crippen LogP contribution in [0.3, 0.4) is 0 Å². The Morgan fingerprint density at radius 1 is 1.44 bits per heavy atom. The van der Waals surface area contributed by atoms with Crippen LogP contribution in [0.15, 0.2) is 24.3 Å². The van der Waals surface area contributed by atoms with Gasteiger partial charge in [0.05, 0.1) is 6.61 Å². The van der Waals surface area contributed by atoms with Crippen LogP contribution in [-0.2, 0) is 6.61 Å². The van der Waals surface area contributed by atoms with Gasteiger partial charge in [-0.2, -0.15) is 23.5 Å². The highest BCUT2D eigenvalue weighted by Gasteiger charge is 2.15. The lowest BCUT2D eigenvalue weighted by Gasteiger charge is -2.23. The molecule has 4 heteroatoms. The maximum absolute atomic E-state index is 9.15. The second-order valence-corrected chi connectivity index (χ2v) is 7.16. The average molecular weight is 283 g/mol. The van der Waals surface area contributed by atoms with E-state index >= 15 is 0 Å². The lowest BCUT2D eigenvalue weighted by atomic mass is 10.1. The van der Waals surface area contributed by atoms with Crippen molar-refractivity contribution in [2.24, 2.45) is 0 Å². The zero-order chi connectivity index (χ0) is 12.8. The third-order valence-corrected chi connectivity index (χ3v) is 6.02. The molecule has 0 aliphatic carbocycles. The van der Waals surface area contributed by atoms with E-state index in [4.69, 9.17) is 5.11 Å². The van der Waals surface area contributed by atoms with Gasteiger partial charge in [-0.1, -0.05) is 24.3 Å². The van der Waals surface area contributed by atoms with E-state index in [-0.39, 0.29) is 6.61 Å². The van der Waals surface area contributed by atoms with Gasteiger partial charge in [-0.05, 0) is 18.1 Å². The second-order valence-electron chi connectivity index (χ2n) is 4.60. The van der Waals surface area contributed by atoms with Gasteiger partial charge in [0.2, 0.25) is 0 Å². The Labute approximate surface area is 118 Å². The predicted molar refractivity (Wildman–Crippen MR) is 82.4 cm³/mol. The molecule has 18 heavy (non-hydrogen) atoms. The van der Waals surface area contributed by atoms with Gasteiger partial charge in [0.15, 0.2) is 0 Å². The normalized spacial score (nSPS) is 21.8. The lowest BCUT2D eigenvalue weighted by molar-refractivity contribution is 0.281. The topological polar surface area (TPSA) is 32.3 Å². The van der Waals surface area contributed by atoms with Crippen LogP contribution in [0.4, 0.5) is 0 Å². The van der Waals surface area contributed by atoms with Crippen molar-refractivity contribution in [2.75, 3.05) is 23.8 Å². The number of aliphatic hydroxyl groups is 1. The maximum atomic E-state index is 9.15. The molecule has 2 unspecified atom stereocenters. The van der Waals surface area contributed by atoms with E-state index in [2.05, 4.69) is 47.9 Å². The van der Waals surface area contributed by atoms with E-state index < -0.39 is 0 Å². The highest BCUT2D eigenvalue weighted by Crippen LogP contribution is 2.24. The van der Waals surface area contributed by atoms with Crippen molar-refractivity contribution in [1.29, 1.82) is 0 Å². The summed E-state index contributed by atoms with van der Waals surface area (Å²) in [5.74, 6) is 3.85.